The van der Waals surface area contributed by atoms with Crippen LogP contribution in [0, 0.1) is 6.92 Å². The summed E-state index contributed by atoms with van der Waals surface area (Å²) in [5.74, 6) is 0.589. The molecule has 0 atom stereocenters. The van der Waals surface area contributed by atoms with E-state index in [0.717, 1.165) is 5.56 Å². The maximum atomic E-state index is 12.0. The van der Waals surface area contributed by atoms with Gasteiger partial charge in [0.2, 0.25) is 5.91 Å². The third-order valence-corrected chi connectivity index (χ3v) is 3.26. The summed E-state index contributed by atoms with van der Waals surface area (Å²) >= 11 is 0. The molecular weight excluding hydrogens is 308 g/mol. The zero-order valence-electron chi connectivity index (χ0n) is 13.9. The molecule has 24 heavy (non-hydrogen) atoms. The van der Waals surface area contributed by atoms with Crippen molar-refractivity contribution in [1.29, 1.82) is 0 Å². The maximum absolute atomic E-state index is 12.0. The Balaban J connectivity index is 1.98. The first-order valence-corrected chi connectivity index (χ1v) is 7.43. The van der Waals surface area contributed by atoms with Crippen LogP contribution in [0.5, 0.6) is 11.5 Å². The van der Waals surface area contributed by atoms with E-state index in [1.165, 1.54) is 14.0 Å². The summed E-state index contributed by atoms with van der Waals surface area (Å²) in [4.78, 5) is 23.2. The van der Waals surface area contributed by atoms with Gasteiger partial charge in [-0.1, -0.05) is 18.2 Å². The van der Waals surface area contributed by atoms with Crippen molar-refractivity contribution in [3.8, 4) is 11.5 Å². The van der Waals surface area contributed by atoms with Crippen LogP contribution in [0.25, 0.3) is 0 Å². The Morgan fingerprint density at radius 1 is 1.04 bits per heavy atom. The first-order chi connectivity index (χ1) is 11.5. The summed E-state index contributed by atoms with van der Waals surface area (Å²) in [6.45, 7) is 3.16. The predicted molar refractivity (Wildman–Crippen MR) is 92.6 cm³/mol. The Bertz CT molecular complexity index is 744. The molecule has 6 nitrogen and oxygen atoms in total. The first kappa shape index (κ1) is 17.3. The Morgan fingerprint density at radius 2 is 1.75 bits per heavy atom. The number of carbonyl (C=O) groups is 2. The Morgan fingerprint density at radius 3 is 2.42 bits per heavy atom. The summed E-state index contributed by atoms with van der Waals surface area (Å²) in [5.41, 5.74) is 2.15. The van der Waals surface area contributed by atoms with Crippen molar-refractivity contribution >= 4 is 23.2 Å². The lowest BCUT2D eigenvalue weighted by Gasteiger charge is -2.12. The SMILES string of the molecule is COc1ccccc1OCC(=O)Nc1ccc(C)c(NC(C)=O)c1. The molecule has 0 saturated heterocycles. The van der Waals surface area contributed by atoms with Gasteiger partial charge in [-0.05, 0) is 36.8 Å². The van der Waals surface area contributed by atoms with Crippen molar-refractivity contribution in [2.75, 3.05) is 24.4 Å². The molecule has 0 bridgehead atoms. The summed E-state index contributed by atoms with van der Waals surface area (Å²) < 4.78 is 10.6. The molecule has 0 fully saturated rings. The average molecular weight is 328 g/mol. The first-order valence-electron chi connectivity index (χ1n) is 7.43. The van der Waals surface area contributed by atoms with Gasteiger partial charge in [0.15, 0.2) is 18.1 Å². The van der Waals surface area contributed by atoms with Crippen LogP contribution in [-0.4, -0.2) is 25.5 Å². The number of aryl methyl sites for hydroxylation is 1. The number of anilines is 2. The summed E-state index contributed by atoms with van der Waals surface area (Å²) in [5, 5.41) is 5.46. The molecule has 0 spiro atoms. The highest BCUT2D eigenvalue weighted by Crippen LogP contribution is 2.25. The number of nitrogens with one attached hydrogen (secondary N) is 2. The van der Waals surface area contributed by atoms with Crippen LogP contribution in [0.2, 0.25) is 0 Å². The lowest BCUT2D eigenvalue weighted by atomic mass is 10.1. The van der Waals surface area contributed by atoms with Gasteiger partial charge in [-0.25, -0.2) is 0 Å². The number of rotatable bonds is 6. The molecule has 2 aromatic rings. The molecule has 2 amide bonds. The molecule has 0 saturated carbocycles. The molecule has 2 N–H and O–H groups in total. The largest absolute Gasteiger partial charge is 0.493 e. The van der Waals surface area contributed by atoms with Crippen LogP contribution >= 0.6 is 0 Å². The molecule has 0 aromatic heterocycles. The van der Waals surface area contributed by atoms with Gasteiger partial charge < -0.3 is 20.1 Å². The van der Waals surface area contributed by atoms with Gasteiger partial charge >= 0.3 is 0 Å². The van der Waals surface area contributed by atoms with E-state index >= 15 is 0 Å². The summed E-state index contributed by atoms with van der Waals surface area (Å²) in [6.07, 6.45) is 0. The molecule has 0 aliphatic carbocycles. The smallest absolute Gasteiger partial charge is 0.262 e. The second-order valence-corrected chi connectivity index (χ2v) is 5.20. The molecule has 2 aromatic carbocycles. The minimum atomic E-state index is -0.307. The molecule has 0 aliphatic rings. The molecule has 0 aliphatic heterocycles. The second kappa shape index (κ2) is 8.01. The lowest BCUT2D eigenvalue weighted by molar-refractivity contribution is -0.118. The monoisotopic (exact) mass is 328 g/mol. The van der Waals surface area contributed by atoms with Crippen LogP contribution in [0.3, 0.4) is 0 Å². The fourth-order valence-electron chi connectivity index (χ4n) is 2.10. The van der Waals surface area contributed by atoms with Crippen LogP contribution in [-0.2, 0) is 9.59 Å². The number of hydrogen-bond acceptors (Lipinski definition) is 4. The standard InChI is InChI=1S/C18H20N2O4/c1-12-8-9-14(10-15(12)19-13(2)21)20-18(22)11-24-17-7-5-4-6-16(17)23-3/h4-10H,11H2,1-3H3,(H,19,21)(H,20,22). The van der Waals surface area contributed by atoms with Crippen LogP contribution in [0.15, 0.2) is 42.5 Å². The zero-order chi connectivity index (χ0) is 17.5. The van der Waals surface area contributed by atoms with Crippen LogP contribution < -0.4 is 20.1 Å². The molecule has 0 radical (unpaired) electrons. The minimum absolute atomic E-state index is 0.149. The fourth-order valence-corrected chi connectivity index (χ4v) is 2.10. The number of ether oxygens (including phenoxy) is 2. The minimum Gasteiger partial charge on any atom is -0.493 e. The van der Waals surface area contributed by atoms with E-state index in [-0.39, 0.29) is 18.4 Å². The third kappa shape index (κ3) is 4.74. The quantitative estimate of drug-likeness (QED) is 0.855. The zero-order valence-corrected chi connectivity index (χ0v) is 13.9. The van der Waals surface area contributed by atoms with Gasteiger partial charge in [-0.2, -0.15) is 0 Å². The van der Waals surface area contributed by atoms with Crippen molar-refractivity contribution in [2.45, 2.75) is 13.8 Å². The third-order valence-electron chi connectivity index (χ3n) is 3.26. The number of carbonyl (C=O) groups excluding carboxylic acids is 2. The van der Waals surface area contributed by atoms with E-state index in [1.807, 2.05) is 19.1 Å². The topological polar surface area (TPSA) is 76.7 Å². The van der Waals surface area contributed by atoms with E-state index in [2.05, 4.69) is 10.6 Å². The maximum Gasteiger partial charge on any atom is 0.262 e. The van der Waals surface area contributed by atoms with Crippen molar-refractivity contribution in [2.24, 2.45) is 0 Å². The average Bonchev–Trinajstić information content (AvgIpc) is 2.56. The Kier molecular flexibility index (Phi) is 5.78. The molecule has 2 rings (SSSR count). The van der Waals surface area contributed by atoms with Crippen molar-refractivity contribution in [1.82, 2.24) is 0 Å². The van der Waals surface area contributed by atoms with Crippen LogP contribution in [0.1, 0.15) is 12.5 Å². The van der Waals surface area contributed by atoms with Gasteiger partial charge in [-0.15, -0.1) is 0 Å². The molecule has 0 unspecified atom stereocenters. The number of benzene rings is 2. The van der Waals surface area contributed by atoms with E-state index in [9.17, 15) is 9.59 Å². The van der Waals surface area contributed by atoms with Crippen LogP contribution in [0.4, 0.5) is 11.4 Å². The summed E-state index contributed by atoms with van der Waals surface area (Å²) in [6, 6.07) is 12.4. The normalized spacial score (nSPS) is 9.96. The number of hydrogen-bond donors (Lipinski definition) is 2. The highest BCUT2D eigenvalue weighted by atomic mass is 16.5. The van der Waals surface area contributed by atoms with Gasteiger partial charge in [0, 0.05) is 18.3 Å². The highest BCUT2D eigenvalue weighted by molar-refractivity contribution is 5.94. The van der Waals surface area contributed by atoms with E-state index in [4.69, 9.17) is 9.47 Å². The van der Waals surface area contributed by atoms with Gasteiger partial charge in [0.1, 0.15) is 0 Å². The van der Waals surface area contributed by atoms with Gasteiger partial charge in [-0.3, -0.25) is 9.59 Å². The Labute approximate surface area is 140 Å². The van der Waals surface area contributed by atoms with Crippen molar-refractivity contribution in [3.63, 3.8) is 0 Å². The highest BCUT2D eigenvalue weighted by Gasteiger charge is 2.09. The molecule has 126 valence electrons. The summed E-state index contributed by atoms with van der Waals surface area (Å²) in [7, 11) is 1.54. The van der Waals surface area contributed by atoms with Gasteiger partial charge in [0.25, 0.3) is 5.91 Å². The van der Waals surface area contributed by atoms with E-state index in [0.29, 0.717) is 22.9 Å². The van der Waals surface area contributed by atoms with Crippen molar-refractivity contribution in [3.05, 3.63) is 48.0 Å². The Hall–Kier alpha value is -3.02. The number of methoxy groups -OCH3 is 1. The van der Waals surface area contributed by atoms with Gasteiger partial charge in [0.05, 0.1) is 7.11 Å². The second-order valence-electron chi connectivity index (χ2n) is 5.20. The fraction of sp³-hybridized carbons (Fsp3) is 0.222. The molecule has 0 heterocycles. The number of amides is 2. The van der Waals surface area contributed by atoms with Crippen molar-refractivity contribution < 1.29 is 19.1 Å². The number of para-hydroxylation sites is 2. The molecule has 6 heteroatoms. The molecular formula is C18H20N2O4. The van der Waals surface area contributed by atoms with E-state index in [1.54, 1.807) is 30.3 Å². The van der Waals surface area contributed by atoms with E-state index < -0.39 is 0 Å². The lowest BCUT2D eigenvalue weighted by Crippen LogP contribution is -2.20. The predicted octanol–water partition coefficient (Wildman–Crippen LogP) is 2.98.